The highest BCUT2D eigenvalue weighted by atomic mass is 79.9. The Hall–Kier alpha value is -2.63. The SMILES string of the molecule is O=C(NC1CCCCC1)[C@H](Cc1ccccc1)N(Cc1cccc(Br)c1)C(=O)CCc1ccccc1Cl. The van der Waals surface area contributed by atoms with Crippen molar-refractivity contribution in [1.29, 1.82) is 0 Å². The highest BCUT2D eigenvalue weighted by Gasteiger charge is 2.31. The molecule has 0 aliphatic heterocycles. The molecule has 2 amide bonds. The minimum absolute atomic E-state index is 0.0559. The van der Waals surface area contributed by atoms with Crippen molar-refractivity contribution >= 4 is 39.3 Å². The van der Waals surface area contributed by atoms with Gasteiger partial charge >= 0.3 is 0 Å². The molecule has 0 saturated heterocycles. The van der Waals surface area contributed by atoms with Crippen LogP contribution < -0.4 is 5.32 Å². The van der Waals surface area contributed by atoms with E-state index in [0.29, 0.717) is 24.4 Å². The van der Waals surface area contributed by atoms with E-state index < -0.39 is 6.04 Å². The number of rotatable bonds is 10. The summed E-state index contributed by atoms with van der Waals surface area (Å²) in [7, 11) is 0. The molecule has 0 heterocycles. The first-order valence-corrected chi connectivity index (χ1v) is 14.3. The van der Waals surface area contributed by atoms with E-state index in [2.05, 4.69) is 21.2 Å². The average molecular weight is 582 g/mol. The first-order chi connectivity index (χ1) is 18.0. The lowest BCUT2D eigenvalue weighted by atomic mass is 9.94. The number of benzene rings is 3. The average Bonchev–Trinajstić information content (AvgIpc) is 2.91. The number of hydrogen-bond acceptors (Lipinski definition) is 2. The Morgan fingerprint density at radius 1 is 0.919 bits per heavy atom. The molecule has 0 radical (unpaired) electrons. The summed E-state index contributed by atoms with van der Waals surface area (Å²) < 4.78 is 0.944. The predicted octanol–water partition coefficient (Wildman–Crippen LogP) is 7.12. The van der Waals surface area contributed by atoms with Gasteiger partial charge < -0.3 is 10.2 Å². The molecule has 1 aliphatic rings. The van der Waals surface area contributed by atoms with Gasteiger partial charge in [0.15, 0.2) is 0 Å². The minimum Gasteiger partial charge on any atom is -0.352 e. The molecule has 1 fully saturated rings. The summed E-state index contributed by atoms with van der Waals surface area (Å²) in [6.07, 6.45) is 6.74. The van der Waals surface area contributed by atoms with E-state index in [9.17, 15) is 9.59 Å². The molecule has 37 heavy (non-hydrogen) atoms. The number of hydrogen-bond donors (Lipinski definition) is 1. The first kappa shape index (κ1) is 27.4. The van der Waals surface area contributed by atoms with Crippen LogP contribution in [0.4, 0.5) is 0 Å². The van der Waals surface area contributed by atoms with Gasteiger partial charge in [0.2, 0.25) is 11.8 Å². The molecule has 0 spiro atoms. The quantitative estimate of drug-likeness (QED) is 0.277. The number of carbonyl (C=O) groups excluding carboxylic acids is 2. The highest BCUT2D eigenvalue weighted by Crippen LogP contribution is 2.22. The van der Waals surface area contributed by atoms with E-state index in [4.69, 9.17) is 11.6 Å². The van der Waals surface area contributed by atoms with Gasteiger partial charge in [0.1, 0.15) is 6.04 Å². The zero-order chi connectivity index (χ0) is 26.0. The van der Waals surface area contributed by atoms with Crippen LogP contribution in [0.25, 0.3) is 0 Å². The molecular formula is C31H34BrClN2O2. The number of aryl methyl sites for hydroxylation is 1. The van der Waals surface area contributed by atoms with Crippen LogP contribution >= 0.6 is 27.5 Å². The molecule has 194 valence electrons. The predicted molar refractivity (Wildman–Crippen MR) is 153 cm³/mol. The van der Waals surface area contributed by atoms with Crippen molar-refractivity contribution in [3.8, 4) is 0 Å². The maximum absolute atomic E-state index is 13.8. The molecule has 4 rings (SSSR count). The summed E-state index contributed by atoms with van der Waals surface area (Å²) in [5.41, 5.74) is 2.94. The lowest BCUT2D eigenvalue weighted by Crippen LogP contribution is -2.52. The van der Waals surface area contributed by atoms with Gasteiger partial charge in [-0.25, -0.2) is 0 Å². The van der Waals surface area contributed by atoms with Crippen molar-refractivity contribution in [2.75, 3.05) is 0 Å². The zero-order valence-corrected chi connectivity index (χ0v) is 23.4. The summed E-state index contributed by atoms with van der Waals surface area (Å²) in [6, 6.07) is 25.1. The van der Waals surface area contributed by atoms with Crippen molar-refractivity contribution in [2.45, 2.75) is 70.0 Å². The van der Waals surface area contributed by atoms with Gasteiger partial charge in [-0.1, -0.05) is 107 Å². The van der Waals surface area contributed by atoms with Crippen molar-refractivity contribution in [3.63, 3.8) is 0 Å². The van der Waals surface area contributed by atoms with Crippen molar-refractivity contribution < 1.29 is 9.59 Å². The molecule has 0 aromatic heterocycles. The maximum atomic E-state index is 13.8. The van der Waals surface area contributed by atoms with Crippen LogP contribution in [-0.4, -0.2) is 28.8 Å². The molecule has 1 aliphatic carbocycles. The van der Waals surface area contributed by atoms with E-state index >= 15 is 0 Å². The van der Waals surface area contributed by atoms with Crippen LogP contribution in [0.15, 0.2) is 83.3 Å². The molecule has 0 bridgehead atoms. The Balaban J connectivity index is 1.62. The third kappa shape index (κ3) is 8.18. The molecule has 6 heteroatoms. The van der Waals surface area contributed by atoms with Crippen molar-refractivity contribution in [2.24, 2.45) is 0 Å². The largest absolute Gasteiger partial charge is 0.352 e. The second kappa shape index (κ2) is 13.8. The summed E-state index contributed by atoms with van der Waals surface area (Å²) in [4.78, 5) is 29.4. The summed E-state index contributed by atoms with van der Waals surface area (Å²) in [6.45, 7) is 0.358. The van der Waals surface area contributed by atoms with Gasteiger partial charge in [-0.3, -0.25) is 9.59 Å². The van der Waals surface area contributed by atoms with Crippen molar-refractivity contribution in [3.05, 3.63) is 105 Å². The summed E-state index contributed by atoms with van der Waals surface area (Å²) >= 11 is 9.92. The van der Waals surface area contributed by atoms with Gasteiger partial charge in [0.05, 0.1) is 0 Å². The number of nitrogens with zero attached hydrogens (tertiary/aromatic N) is 1. The Morgan fingerprint density at radius 2 is 1.62 bits per heavy atom. The zero-order valence-electron chi connectivity index (χ0n) is 21.0. The maximum Gasteiger partial charge on any atom is 0.243 e. The standard InChI is InChI=1S/C31H34BrClN2O2/c32-26-14-9-12-24(20-26)22-35(30(36)19-18-25-13-7-8-17-28(25)33)29(21-23-10-3-1-4-11-23)31(37)34-27-15-5-2-6-16-27/h1,3-4,7-14,17,20,27,29H,2,5-6,15-16,18-19,21-22H2,(H,34,37)/t29-/m0/s1. The summed E-state index contributed by atoms with van der Waals surface area (Å²) in [5.74, 6) is -0.128. The third-order valence-electron chi connectivity index (χ3n) is 7.03. The summed E-state index contributed by atoms with van der Waals surface area (Å²) in [5, 5.41) is 3.95. The second-order valence-corrected chi connectivity index (χ2v) is 11.1. The van der Waals surface area contributed by atoms with Gasteiger partial charge in [-0.2, -0.15) is 0 Å². The van der Waals surface area contributed by atoms with Crippen LogP contribution in [0.2, 0.25) is 5.02 Å². The normalized spacial score (nSPS) is 14.6. The lowest BCUT2D eigenvalue weighted by Gasteiger charge is -2.33. The Labute approximate surface area is 233 Å². The van der Waals surface area contributed by atoms with Crippen molar-refractivity contribution in [1.82, 2.24) is 10.2 Å². The highest BCUT2D eigenvalue weighted by molar-refractivity contribution is 9.10. The van der Waals surface area contributed by atoms with Crippen LogP contribution in [0, 0.1) is 0 Å². The van der Waals surface area contributed by atoms with Crippen LogP contribution in [0.5, 0.6) is 0 Å². The van der Waals surface area contributed by atoms with Gasteiger partial charge in [0, 0.05) is 34.9 Å². The van der Waals surface area contributed by atoms with Gasteiger partial charge in [-0.05, 0) is 54.2 Å². The molecule has 0 unspecified atom stereocenters. The third-order valence-corrected chi connectivity index (χ3v) is 7.89. The van der Waals surface area contributed by atoms with E-state index in [1.165, 1.54) is 6.42 Å². The number of nitrogens with one attached hydrogen (secondary N) is 1. The van der Waals surface area contributed by atoms with Crippen LogP contribution in [-0.2, 0) is 29.0 Å². The molecule has 4 nitrogen and oxygen atoms in total. The smallest absolute Gasteiger partial charge is 0.243 e. The number of carbonyl (C=O) groups is 2. The van der Waals surface area contributed by atoms with Crippen LogP contribution in [0.3, 0.4) is 0 Å². The monoisotopic (exact) mass is 580 g/mol. The molecule has 1 atom stereocenters. The molecule has 1 N–H and O–H groups in total. The molecule has 3 aromatic rings. The Morgan fingerprint density at radius 3 is 2.35 bits per heavy atom. The van der Waals surface area contributed by atoms with Gasteiger partial charge in [-0.15, -0.1) is 0 Å². The Kier molecular flexibility index (Phi) is 10.2. The second-order valence-electron chi connectivity index (χ2n) is 9.79. The molecule has 1 saturated carbocycles. The fourth-order valence-electron chi connectivity index (χ4n) is 5.02. The number of amides is 2. The topological polar surface area (TPSA) is 49.4 Å². The van der Waals surface area contributed by atoms with E-state index in [0.717, 1.165) is 46.8 Å². The fraction of sp³-hybridized carbons (Fsp3) is 0.355. The van der Waals surface area contributed by atoms with Crippen LogP contribution in [0.1, 0.15) is 55.2 Å². The Bertz CT molecular complexity index is 1180. The lowest BCUT2D eigenvalue weighted by molar-refractivity contribution is -0.141. The van der Waals surface area contributed by atoms with E-state index in [-0.39, 0.29) is 24.3 Å². The van der Waals surface area contributed by atoms with E-state index in [1.54, 1.807) is 4.90 Å². The molecule has 3 aromatic carbocycles. The van der Waals surface area contributed by atoms with Gasteiger partial charge in [0.25, 0.3) is 0 Å². The number of halogens is 2. The fourth-order valence-corrected chi connectivity index (χ4v) is 5.69. The molecular weight excluding hydrogens is 548 g/mol. The van der Waals surface area contributed by atoms with E-state index in [1.807, 2.05) is 78.9 Å². The first-order valence-electron chi connectivity index (χ1n) is 13.1. The minimum atomic E-state index is -0.609.